The van der Waals surface area contributed by atoms with Gasteiger partial charge in [-0.2, -0.15) is 9.97 Å². The monoisotopic (exact) mass is 574 g/mol. The van der Waals surface area contributed by atoms with Crippen LogP contribution in [0, 0.1) is 5.82 Å². The molecule has 0 saturated carbocycles. The van der Waals surface area contributed by atoms with Crippen LogP contribution in [0.4, 0.5) is 20.3 Å². The number of aromatic nitrogens is 2. The van der Waals surface area contributed by atoms with Crippen molar-refractivity contribution in [2.75, 3.05) is 49.1 Å². The Kier molecular flexibility index (Phi) is 6.52. The normalized spacial score (nSPS) is 28.9. The van der Waals surface area contributed by atoms with E-state index >= 15 is 0 Å². The number of nitrogens with one attached hydrogen (secondary N) is 1. The number of fused-ring (bicyclic) bond motifs is 5. The highest BCUT2D eigenvalue weighted by atomic mass is 19.1. The maximum atomic E-state index is 14.9. The number of hydrogen-bond donors (Lipinski definition) is 1. The molecule has 8 rings (SSSR count). The van der Waals surface area contributed by atoms with E-state index in [2.05, 4.69) is 38.2 Å². The van der Waals surface area contributed by atoms with Crippen molar-refractivity contribution in [1.29, 1.82) is 0 Å². The predicted molar refractivity (Wildman–Crippen MR) is 161 cm³/mol. The van der Waals surface area contributed by atoms with Gasteiger partial charge in [0.2, 0.25) is 0 Å². The van der Waals surface area contributed by atoms with E-state index in [0.29, 0.717) is 50.6 Å². The Morgan fingerprint density at radius 1 is 1.05 bits per heavy atom. The summed E-state index contributed by atoms with van der Waals surface area (Å²) in [5.41, 5.74) is 3.75. The van der Waals surface area contributed by atoms with Crippen molar-refractivity contribution >= 4 is 22.3 Å². The second-order valence-corrected chi connectivity index (χ2v) is 13.1. The largest absolute Gasteiger partial charge is 0.461 e. The molecule has 6 heterocycles. The quantitative estimate of drug-likeness (QED) is 0.455. The van der Waals surface area contributed by atoms with E-state index < -0.39 is 6.17 Å². The van der Waals surface area contributed by atoms with Crippen LogP contribution in [-0.2, 0) is 19.4 Å². The van der Waals surface area contributed by atoms with Crippen molar-refractivity contribution in [3.05, 3.63) is 53.0 Å². The number of hydrogen-bond acceptors (Lipinski definition) is 7. The van der Waals surface area contributed by atoms with E-state index in [4.69, 9.17) is 14.7 Å². The summed E-state index contributed by atoms with van der Waals surface area (Å²) >= 11 is 0. The van der Waals surface area contributed by atoms with Gasteiger partial charge in [0, 0.05) is 61.3 Å². The van der Waals surface area contributed by atoms with Gasteiger partial charge in [0.05, 0.1) is 17.8 Å². The molecule has 4 atom stereocenters. The lowest BCUT2D eigenvalue weighted by Crippen LogP contribution is -2.52. The van der Waals surface area contributed by atoms with Crippen molar-refractivity contribution in [3.63, 3.8) is 0 Å². The van der Waals surface area contributed by atoms with Crippen LogP contribution < -0.4 is 19.9 Å². The van der Waals surface area contributed by atoms with Crippen molar-refractivity contribution in [2.45, 2.75) is 82.2 Å². The molecule has 222 valence electrons. The van der Waals surface area contributed by atoms with Gasteiger partial charge in [0.1, 0.15) is 24.4 Å². The summed E-state index contributed by atoms with van der Waals surface area (Å²) in [6.07, 6.45) is 5.62. The molecule has 0 amide bonds. The van der Waals surface area contributed by atoms with Crippen molar-refractivity contribution in [1.82, 2.24) is 20.2 Å². The summed E-state index contributed by atoms with van der Waals surface area (Å²) in [5, 5.41) is 5.79. The second-order valence-electron chi connectivity index (χ2n) is 13.1. The smallest absolute Gasteiger partial charge is 0.318 e. The lowest BCUT2D eigenvalue weighted by Gasteiger charge is -2.38. The first-order valence-corrected chi connectivity index (χ1v) is 15.9. The van der Waals surface area contributed by atoms with Crippen molar-refractivity contribution in [3.8, 4) is 6.01 Å². The molecule has 7 nitrogen and oxygen atoms in total. The molecule has 9 heteroatoms. The van der Waals surface area contributed by atoms with Gasteiger partial charge >= 0.3 is 6.01 Å². The van der Waals surface area contributed by atoms with Crippen LogP contribution in [0.25, 0.3) is 10.8 Å². The number of halogens is 2. The van der Waals surface area contributed by atoms with Gasteiger partial charge in [-0.05, 0) is 68.2 Å². The molecule has 0 radical (unpaired) electrons. The molecule has 1 aromatic heterocycles. The minimum atomic E-state index is -0.794. The maximum absolute atomic E-state index is 14.9. The van der Waals surface area contributed by atoms with Crippen LogP contribution in [0.1, 0.15) is 55.8 Å². The standard InChI is InChI=1S/C33H40F2N6O/c1-2-25-27(35)10-7-21-5-3-6-29(30(21)25)39-14-11-26-28(19-39)37-32(38-31(26)40-17-23-8-9-24(18-40)36-23)42-20-33-12-4-13-41(33)16-22(34)15-33/h3,5-7,10,22-24,36H,2,4,8-9,11-20H2,1H3/t22-,23?,24?,33?/m1/s1. The highest BCUT2D eigenvalue weighted by Gasteiger charge is 2.49. The third-order valence-electron chi connectivity index (χ3n) is 10.5. The van der Waals surface area contributed by atoms with E-state index in [1.165, 1.54) is 18.4 Å². The molecule has 4 saturated heterocycles. The first kappa shape index (κ1) is 26.6. The fourth-order valence-corrected chi connectivity index (χ4v) is 8.56. The Balaban J connectivity index is 1.15. The summed E-state index contributed by atoms with van der Waals surface area (Å²) < 4.78 is 35.8. The van der Waals surface area contributed by atoms with Gasteiger partial charge < -0.3 is 19.9 Å². The van der Waals surface area contributed by atoms with Crippen LogP contribution in [0.2, 0.25) is 0 Å². The highest BCUT2D eigenvalue weighted by Crippen LogP contribution is 2.41. The van der Waals surface area contributed by atoms with Crippen molar-refractivity contribution in [2.24, 2.45) is 0 Å². The van der Waals surface area contributed by atoms with Gasteiger partial charge in [-0.25, -0.2) is 8.78 Å². The topological polar surface area (TPSA) is 56.8 Å². The van der Waals surface area contributed by atoms with E-state index in [0.717, 1.165) is 79.0 Å². The van der Waals surface area contributed by atoms with E-state index in [1.807, 2.05) is 13.0 Å². The zero-order chi connectivity index (χ0) is 28.4. The van der Waals surface area contributed by atoms with Crippen LogP contribution in [0.3, 0.4) is 0 Å². The summed E-state index contributed by atoms with van der Waals surface area (Å²) in [5.74, 6) is 0.855. The number of nitrogens with zero attached hydrogens (tertiary/aromatic N) is 5. The van der Waals surface area contributed by atoms with Gasteiger partial charge in [-0.3, -0.25) is 4.90 Å². The van der Waals surface area contributed by atoms with E-state index in [1.54, 1.807) is 6.07 Å². The van der Waals surface area contributed by atoms with Gasteiger partial charge in [0.15, 0.2) is 0 Å². The van der Waals surface area contributed by atoms with Crippen LogP contribution in [0.15, 0.2) is 30.3 Å². The molecule has 5 aliphatic heterocycles. The number of alkyl halides is 1. The zero-order valence-electron chi connectivity index (χ0n) is 24.4. The molecule has 5 aliphatic rings. The number of anilines is 2. The van der Waals surface area contributed by atoms with Crippen LogP contribution >= 0.6 is 0 Å². The summed E-state index contributed by atoms with van der Waals surface area (Å²) in [6, 6.07) is 11.1. The molecule has 2 bridgehead atoms. The van der Waals surface area contributed by atoms with Gasteiger partial charge in [-0.15, -0.1) is 0 Å². The predicted octanol–water partition coefficient (Wildman–Crippen LogP) is 4.79. The van der Waals surface area contributed by atoms with E-state index in [9.17, 15) is 8.78 Å². The molecule has 3 unspecified atom stereocenters. The molecular formula is C33H40F2N6O. The van der Waals surface area contributed by atoms with Crippen molar-refractivity contribution < 1.29 is 13.5 Å². The van der Waals surface area contributed by atoms with Gasteiger partial charge in [0.25, 0.3) is 0 Å². The first-order chi connectivity index (χ1) is 20.5. The molecular weight excluding hydrogens is 534 g/mol. The number of ether oxygens (including phenoxy) is 1. The van der Waals surface area contributed by atoms with Gasteiger partial charge in [-0.1, -0.05) is 25.1 Å². The number of piperazine rings is 1. The Bertz CT molecular complexity index is 1510. The SMILES string of the molecule is CCc1c(F)ccc2cccc(N3CCc4c(nc(OCC56CCCN5C[C@H](F)C6)nc4N4CC5CCC(C4)N5)C3)c12. The van der Waals surface area contributed by atoms with Crippen LogP contribution in [0.5, 0.6) is 6.01 Å². The molecule has 0 spiro atoms. The molecule has 4 fully saturated rings. The number of aryl methyl sites for hydroxylation is 1. The lowest BCUT2D eigenvalue weighted by molar-refractivity contribution is 0.107. The van der Waals surface area contributed by atoms with Crippen LogP contribution in [-0.4, -0.2) is 78.0 Å². The third kappa shape index (κ3) is 4.42. The average Bonchev–Trinajstić information content (AvgIpc) is 3.65. The molecule has 42 heavy (non-hydrogen) atoms. The van der Waals surface area contributed by atoms with E-state index in [-0.39, 0.29) is 11.4 Å². The fraction of sp³-hybridized carbons (Fsp3) is 0.576. The second kappa shape index (κ2) is 10.3. The lowest BCUT2D eigenvalue weighted by atomic mass is 9.95. The minimum absolute atomic E-state index is 0.147. The Morgan fingerprint density at radius 3 is 2.74 bits per heavy atom. The Morgan fingerprint density at radius 2 is 1.90 bits per heavy atom. The molecule has 2 aromatic carbocycles. The molecule has 0 aliphatic carbocycles. The number of benzene rings is 2. The summed E-state index contributed by atoms with van der Waals surface area (Å²) in [6.45, 7) is 7.18. The molecule has 1 N–H and O–H groups in total. The maximum Gasteiger partial charge on any atom is 0.318 e. The Labute approximate surface area is 246 Å². The average molecular weight is 575 g/mol. The number of rotatable bonds is 6. The summed E-state index contributed by atoms with van der Waals surface area (Å²) in [7, 11) is 0. The minimum Gasteiger partial charge on any atom is -0.461 e. The summed E-state index contributed by atoms with van der Waals surface area (Å²) in [4.78, 5) is 17.2. The Hall–Kier alpha value is -3.04. The zero-order valence-corrected chi connectivity index (χ0v) is 24.4. The highest BCUT2D eigenvalue weighted by molar-refractivity contribution is 5.97. The fourth-order valence-electron chi connectivity index (χ4n) is 8.56. The first-order valence-electron chi connectivity index (χ1n) is 15.9. The third-order valence-corrected chi connectivity index (χ3v) is 10.5. The molecule has 3 aromatic rings.